The number of nitrogen functional groups attached to an aromatic ring is 2. The van der Waals surface area contributed by atoms with Crippen LogP contribution in [0.5, 0.6) is 17.2 Å². The number of benzene rings is 1. The van der Waals surface area contributed by atoms with Crippen molar-refractivity contribution in [1.82, 2.24) is 9.97 Å². The SMILES string of the molecule is COc1cc(Cc2cnc(N)nc2N)cc(OC)c1OCC(C)C. The minimum absolute atomic E-state index is 0.156. The van der Waals surface area contributed by atoms with Gasteiger partial charge < -0.3 is 25.7 Å². The molecule has 24 heavy (non-hydrogen) atoms. The van der Waals surface area contributed by atoms with E-state index in [0.717, 1.165) is 11.1 Å². The molecule has 1 aromatic carbocycles. The van der Waals surface area contributed by atoms with Crippen molar-refractivity contribution in [3.05, 3.63) is 29.5 Å². The van der Waals surface area contributed by atoms with Gasteiger partial charge in [0.1, 0.15) is 5.82 Å². The molecule has 1 heterocycles. The van der Waals surface area contributed by atoms with Crippen LogP contribution >= 0.6 is 0 Å². The molecule has 0 unspecified atom stereocenters. The first-order valence-corrected chi connectivity index (χ1v) is 7.69. The molecule has 0 saturated heterocycles. The van der Waals surface area contributed by atoms with Crippen molar-refractivity contribution >= 4 is 11.8 Å². The third kappa shape index (κ3) is 4.18. The van der Waals surface area contributed by atoms with E-state index in [0.29, 0.717) is 42.0 Å². The summed E-state index contributed by atoms with van der Waals surface area (Å²) in [5, 5.41) is 0. The quantitative estimate of drug-likeness (QED) is 0.801. The van der Waals surface area contributed by atoms with Gasteiger partial charge in [0.2, 0.25) is 11.7 Å². The molecule has 1 aromatic heterocycles. The zero-order valence-electron chi connectivity index (χ0n) is 14.5. The molecule has 0 aliphatic carbocycles. The second kappa shape index (κ2) is 7.72. The zero-order chi connectivity index (χ0) is 17.7. The van der Waals surface area contributed by atoms with Gasteiger partial charge >= 0.3 is 0 Å². The number of aromatic nitrogens is 2. The Morgan fingerprint density at radius 2 is 1.71 bits per heavy atom. The first-order chi connectivity index (χ1) is 11.4. The molecule has 0 spiro atoms. The standard InChI is InChI=1S/C17H24N4O3/c1-10(2)9-24-15-13(22-3)6-11(7-14(15)23-4)5-12-8-20-17(19)21-16(12)18/h6-8,10H,5,9H2,1-4H3,(H4,18,19,20,21). The maximum atomic E-state index is 5.90. The van der Waals surface area contributed by atoms with Crippen molar-refractivity contribution in [3.63, 3.8) is 0 Å². The lowest BCUT2D eigenvalue weighted by Crippen LogP contribution is -2.08. The van der Waals surface area contributed by atoms with E-state index in [9.17, 15) is 0 Å². The number of anilines is 2. The summed E-state index contributed by atoms with van der Waals surface area (Å²) in [4.78, 5) is 7.97. The lowest BCUT2D eigenvalue weighted by molar-refractivity contribution is 0.243. The highest BCUT2D eigenvalue weighted by atomic mass is 16.5. The normalized spacial score (nSPS) is 10.7. The molecular weight excluding hydrogens is 308 g/mol. The second-order valence-electron chi connectivity index (χ2n) is 5.85. The highest BCUT2D eigenvalue weighted by Gasteiger charge is 2.16. The number of ether oxygens (including phenoxy) is 3. The monoisotopic (exact) mass is 332 g/mol. The molecule has 7 nitrogen and oxygen atoms in total. The van der Waals surface area contributed by atoms with E-state index < -0.39 is 0 Å². The molecule has 0 amide bonds. The largest absolute Gasteiger partial charge is 0.493 e. The average Bonchev–Trinajstić information content (AvgIpc) is 2.55. The van der Waals surface area contributed by atoms with E-state index in [4.69, 9.17) is 25.7 Å². The van der Waals surface area contributed by atoms with Crippen LogP contribution in [0.25, 0.3) is 0 Å². The molecule has 0 aliphatic heterocycles. The number of methoxy groups -OCH3 is 2. The first-order valence-electron chi connectivity index (χ1n) is 7.69. The van der Waals surface area contributed by atoms with Crippen LogP contribution in [-0.2, 0) is 6.42 Å². The molecule has 7 heteroatoms. The predicted molar refractivity (Wildman–Crippen MR) is 93.5 cm³/mol. The third-order valence-corrected chi connectivity index (χ3v) is 3.39. The Bertz CT molecular complexity index is 679. The number of nitrogens with two attached hydrogens (primary N) is 2. The van der Waals surface area contributed by atoms with Crippen LogP contribution in [0.3, 0.4) is 0 Å². The lowest BCUT2D eigenvalue weighted by Gasteiger charge is -2.17. The third-order valence-electron chi connectivity index (χ3n) is 3.39. The van der Waals surface area contributed by atoms with Crippen molar-refractivity contribution in [2.75, 3.05) is 32.3 Å². The number of hydrogen-bond acceptors (Lipinski definition) is 7. The molecule has 0 aliphatic rings. The molecule has 0 saturated carbocycles. The summed E-state index contributed by atoms with van der Waals surface area (Å²) in [6.07, 6.45) is 2.16. The van der Waals surface area contributed by atoms with Crippen molar-refractivity contribution in [2.45, 2.75) is 20.3 Å². The van der Waals surface area contributed by atoms with Crippen molar-refractivity contribution < 1.29 is 14.2 Å². The predicted octanol–water partition coefficient (Wildman–Crippen LogP) is 2.28. The summed E-state index contributed by atoms with van der Waals surface area (Å²) in [5.41, 5.74) is 13.2. The number of rotatable bonds is 7. The van der Waals surface area contributed by atoms with Gasteiger partial charge in [0.05, 0.1) is 20.8 Å². The fourth-order valence-electron chi connectivity index (χ4n) is 2.22. The minimum Gasteiger partial charge on any atom is -0.493 e. The molecule has 0 radical (unpaired) electrons. The minimum atomic E-state index is 0.156. The van der Waals surface area contributed by atoms with Crippen molar-refractivity contribution in [3.8, 4) is 17.2 Å². The Morgan fingerprint density at radius 1 is 1.08 bits per heavy atom. The van der Waals surface area contributed by atoms with E-state index in [1.807, 2.05) is 12.1 Å². The fraction of sp³-hybridized carbons (Fsp3) is 0.412. The zero-order valence-corrected chi connectivity index (χ0v) is 14.5. The van der Waals surface area contributed by atoms with Gasteiger partial charge in [0.15, 0.2) is 11.5 Å². The van der Waals surface area contributed by atoms with Gasteiger partial charge in [0.25, 0.3) is 0 Å². The van der Waals surface area contributed by atoms with Crippen LogP contribution in [-0.4, -0.2) is 30.8 Å². The topological polar surface area (TPSA) is 106 Å². The summed E-state index contributed by atoms with van der Waals surface area (Å²) in [6, 6.07) is 3.79. The van der Waals surface area contributed by atoms with Crippen LogP contribution in [0.15, 0.2) is 18.3 Å². The van der Waals surface area contributed by atoms with Gasteiger partial charge in [-0.2, -0.15) is 4.98 Å². The highest BCUT2D eigenvalue weighted by molar-refractivity contribution is 5.55. The van der Waals surface area contributed by atoms with Crippen LogP contribution < -0.4 is 25.7 Å². The van der Waals surface area contributed by atoms with E-state index in [1.165, 1.54) is 0 Å². The average molecular weight is 332 g/mol. The van der Waals surface area contributed by atoms with Gasteiger partial charge in [-0.15, -0.1) is 0 Å². The van der Waals surface area contributed by atoms with Gasteiger partial charge in [-0.25, -0.2) is 4.98 Å². The smallest absolute Gasteiger partial charge is 0.221 e. The van der Waals surface area contributed by atoms with Gasteiger partial charge in [0, 0.05) is 18.2 Å². The summed E-state index contributed by atoms with van der Waals surface area (Å²) in [6.45, 7) is 4.74. The summed E-state index contributed by atoms with van der Waals surface area (Å²) in [5.74, 6) is 2.73. The Hall–Kier alpha value is -2.70. The maximum Gasteiger partial charge on any atom is 0.221 e. The summed E-state index contributed by atoms with van der Waals surface area (Å²) >= 11 is 0. The maximum absolute atomic E-state index is 5.90. The van der Waals surface area contributed by atoms with Crippen LogP contribution in [0.2, 0.25) is 0 Å². The van der Waals surface area contributed by atoms with Crippen LogP contribution in [0.4, 0.5) is 11.8 Å². The van der Waals surface area contributed by atoms with E-state index in [-0.39, 0.29) is 5.95 Å². The molecule has 0 atom stereocenters. The van der Waals surface area contributed by atoms with Crippen LogP contribution in [0.1, 0.15) is 25.0 Å². The molecule has 0 fully saturated rings. The Morgan fingerprint density at radius 3 is 2.21 bits per heavy atom. The van der Waals surface area contributed by atoms with Crippen molar-refractivity contribution in [2.24, 2.45) is 5.92 Å². The van der Waals surface area contributed by atoms with Gasteiger partial charge in [-0.05, 0) is 23.6 Å². The molecule has 4 N–H and O–H groups in total. The van der Waals surface area contributed by atoms with Crippen molar-refractivity contribution in [1.29, 1.82) is 0 Å². The highest BCUT2D eigenvalue weighted by Crippen LogP contribution is 2.39. The van der Waals surface area contributed by atoms with E-state index in [1.54, 1.807) is 20.4 Å². The molecular formula is C17H24N4O3. The fourth-order valence-corrected chi connectivity index (χ4v) is 2.22. The Kier molecular flexibility index (Phi) is 5.68. The summed E-state index contributed by atoms with van der Waals surface area (Å²) < 4.78 is 16.8. The van der Waals surface area contributed by atoms with Crippen LogP contribution in [0, 0.1) is 5.92 Å². The van der Waals surface area contributed by atoms with E-state index in [2.05, 4.69) is 23.8 Å². The number of hydrogen-bond donors (Lipinski definition) is 2. The molecule has 2 rings (SSSR count). The first kappa shape index (κ1) is 17.7. The number of nitrogens with zero attached hydrogens (tertiary/aromatic N) is 2. The molecule has 130 valence electrons. The second-order valence-corrected chi connectivity index (χ2v) is 5.85. The van der Waals surface area contributed by atoms with E-state index >= 15 is 0 Å². The molecule has 0 bridgehead atoms. The Labute approximate surface area is 142 Å². The lowest BCUT2D eigenvalue weighted by atomic mass is 10.1. The van der Waals surface area contributed by atoms with Gasteiger partial charge in [-0.3, -0.25) is 0 Å². The summed E-state index contributed by atoms with van der Waals surface area (Å²) in [7, 11) is 3.20. The van der Waals surface area contributed by atoms with Gasteiger partial charge in [-0.1, -0.05) is 13.8 Å². The Balaban J connectivity index is 2.34. The molecule has 2 aromatic rings.